The van der Waals surface area contributed by atoms with E-state index in [9.17, 15) is 14.4 Å². The third kappa shape index (κ3) is 3.77. The molecule has 0 spiro atoms. The lowest BCUT2D eigenvalue weighted by atomic mass is 9.72. The second kappa shape index (κ2) is 7.34. The lowest BCUT2D eigenvalue weighted by molar-refractivity contribution is -0.129. The minimum absolute atomic E-state index is 0.0521. The molecule has 146 valence electrons. The van der Waals surface area contributed by atoms with Gasteiger partial charge < -0.3 is 4.79 Å². The minimum atomic E-state index is -0.931. The average Bonchev–Trinajstić information content (AvgIpc) is 2.97. The van der Waals surface area contributed by atoms with Crippen LogP contribution in [0.1, 0.15) is 45.2 Å². The lowest BCUT2D eigenvalue weighted by Crippen LogP contribution is -2.38. The van der Waals surface area contributed by atoms with Crippen molar-refractivity contribution in [1.82, 2.24) is 0 Å². The normalized spacial score (nSPS) is 19.6. The van der Waals surface area contributed by atoms with E-state index >= 15 is 0 Å². The lowest BCUT2D eigenvalue weighted by Gasteiger charge is -2.29. The summed E-state index contributed by atoms with van der Waals surface area (Å²) in [5.74, 6) is -1.20. The van der Waals surface area contributed by atoms with Gasteiger partial charge in [0.25, 0.3) is 0 Å². The van der Waals surface area contributed by atoms with Gasteiger partial charge in [-0.15, -0.1) is 0 Å². The number of anilines is 1. The van der Waals surface area contributed by atoms with Crippen LogP contribution in [0.5, 0.6) is 0 Å². The highest BCUT2D eigenvalue weighted by atomic mass is 16.2. The maximum atomic E-state index is 13.0. The van der Waals surface area contributed by atoms with Crippen molar-refractivity contribution < 1.29 is 14.4 Å². The Morgan fingerprint density at radius 1 is 0.964 bits per heavy atom. The van der Waals surface area contributed by atoms with Gasteiger partial charge in [0.15, 0.2) is 0 Å². The SMILES string of the molecule is CC(C)(C)c1ccc(CC(C)(C=O)C2CC(=O)N(c3ccccc3)C2=O)cc1. The van der Waals surface area contributed by atoms with Gasteiger partial charge in [-0.1, -0.05) is 70.2 Å². The summed E-state index contributed by atoms with van der Waals surface area (Å²) in [5, 5.41) is 0. The zero-order chi connectivity index (χ0) is 20.5. The highest BCUT2D eigenvalue weighted by Crippen LogP contribution is 2.39. The maximum Gasteiger partial charge on any atom is 0.238 e. The number of benzene rings is 2. The summed E-state index contributed by atoms with van der Waals surface area (Å²) in [5.41, 5.74) is 1.88. The molecular weight excluding hydrogens is 350 g/mol. The summed E-state index contributed by atoms with van der Waals surface area (Å²) >= 11 is 0. The van der Waals surface area contributed by atoms with E-state index in [0.29, 0.717) is 12.1 Å². The Kier molecular flexibility index (Phi) is 5.24. The van der Waals surface area contributed by atoms with Gasteiger partial charge in [-0.2, -0.15) is 0 Å². The van der Waals surface area contributed by atoms with Gasteiger partial charge in [0, 0.05) is 11.8 Å². The molecule has 0 saturated carbocycles. The first-order valence-corrected chi connectivity index (χ1v) is 9.63. The first kappa shape index (κ1) is 20.0. The summed E-state index contributed by atoms with van der Waals surface area (Å²) < 4.78 is 0. The molecule has 2 aromatic rings. The molecule has 0 bridgehead atoms. The zero-order valence-electron chi connectivity index (χ0n) is 16.9. The second-order valence-corrected chi connectivity index (χ2v) is 8.91. The number of rotatable bonds is 5. The smallest absolute Gasteiger partial charge is 0.238 e. The number of imide groups is 1. The number of carbonyl (C=O) groups is 3. The summed E-state index contributed by atoms with van der Waals surface area (Å²) in [4.78, 5) is 38.9. The van der Waals surface area contributed by atoms with Crippen LogP contribution in [-0.2, 0) is 26.2 Å². The molecule has 2 atom stereocenters. The zero-order valence-corrected chi connectivity index (χ0v) is 16.9. The Bertz CT molecular complexity index is 880. The van der Waals surface area contributed by atoms with E-state index in [2.05, 4.69) is 32.9 Å². The maximum absolute atomic E-state index is 13.0. The van der Waals surface area contributed by atoms with Gasteiger partial charge in [0.1, 0.15) is 6.29 Å². The molecule has 4 heteroatoms. The van der Waals surface area contributed by atoms with Crippen molar-refractivity contribution >= 4 is 23.8 Å². The molecule has 1 heterocycles. The Morgan fingerprint density at radius 2 is 1.57 bits per heavy atom. The van der Waals surface area contributed by atoms with Crippen LogP contribution >= 0.6 is 0 Å². The van der Waals surface area contributed by atoms with E-state index in [1.54, 1.807) is 31.2 Å². The number of para-hydroxylation sites is 1. The molecule has 0 N–H and O–H groups in total. The van der Waals surface area contributed by atoms with Crippen LogP contribution in [0.3, 0.4) is 0 Å². The molecule has 1 aliphatic rings. The Morgan fingerprint density at radius 3 is 2.11 bits per heavy atom. The van der Waals surface area contributed by atoms with Crippen LogP contribution < -0.4 is 4.90 Å². The molecule has 3 rings (SSSR count). The Hall–Kier alpha value is -2.75. The fourth-order valence-electron chi connectivity index (χ4n) is 3.80. The van der Waals surface area contributed by atoms with E-state index in [4.69, 9.17) is 0 Å². The van der Waals surface area contributed by atoms with E-state index in [1.807, 2.05) is 18.2 Å². The first-order valence-electron chi connectivity index (χ1n) is 9.63. The van der Waals surface area contributed by atoms with Crippen LogP contribution in [0, 0.1) is 11.3 Å². The van der Waals surface area contributed by atoms with Crippen molar-refractivity contribution in [2.75, 3.05) is 4.90 Å². The highest BCUT2D eigenvalue weighted by molar-refractivity contribution is 6.21. The van der Waals surface area contributed by atoms with Crippen molar-refractivity contribution in [3.05, 3.63) is 65.7 Å². The van der Waals surface area contributed by atoms with E-state index in [0.717, 1.165) is 11.8 Å². The van der Waals surface area contributed by atoms with E-state index in [1.165, 1.54) is 10.5 Å². The van der Waals surface area contributed by atoms with Crippen LogP contribution in [-0.4, -0.2) is 18.1 Å². The standard InChI is InChI=1S/C24H27NO3/c1-23(2,3)18-12-10-17(11-13-18)15-24(4,16-26)20-14-21(27)25(22(20)28)19-8-6-5-7-9-19/h5-13,16,20H,14-15H2,1-4H3. The first-order chi connectivity index (χ1) is 13.2. The van der Waals surface area contributed by atoms with Gasteiger partial charge >= 0.3 is 0 Å². The second-order valence-electron chi connectivity index (χ2n) is 8.91. The van der Waals surface area contributed by atoms with E-state index in [-0.39, 0.29) is 23.7 Å². The highest BCUT2D eigenvalue weighted by Gasteiger charge is 2.49. The largest absolute Gasteiger partial charge is 0.303 e. The summed E-state index contributed by atoms with van der Waals surface area (Å²) in [6, 6.07) is 17.1. The van der Waals surface area contributed by atoms with Crippen LogP contribution in [0.15, 0.2) is 54.6 Å². The molecule has 0 aliphatic carbocycles. The molecule has 1 fully saturated rings. The number of nitrogens with zero attached hydrogens (tertiary/aromatic N) is 1. The van der Waals surface area contributed by atoms with Crippen LogP contribution in [0.4, 0.5) is 5.69 Å². The molecule has 2 amide bonds. The number of amides is 2. The van der Waals surface area contributed by atoms with Gasteiger partial charge in [-0.25, -0.2) is 0 Å². The third-order valence-electron chi connectivity index (χ3n) is 5.63. The molecular formula is C24H27NO3. The van der Waals surface area contributed by atoms with E-state index < -0.39 is 11.3 Å². The minimum Gasteiger partial charge on any atom is -0.303 e. The van der Waals surface area contributed by atoms with Gasteiger partial charge in [-0.3, -0.25) is 14.5 Å². The number of carbonyl (C=O) groups excluding carboxylic acids is 3. The topological polar surface area (TPSA) is 54.5 Å². The van der Waals surface area contributed by atoms with Gasteiger partial charge in [-0.05, 0) is 35.1 Å². The Balaban J connectivity index is 1.85. The van der Waals surface area contributed by atoms with Crippen molar-refractivity contribution in [1.29, 1.82) is 0 Å². The van der Waals surface area contributed by atoms with Crippen molar-refractivity contribution in [2.24, 2.45) is 11.3 Å². The summed E-state index contributed by atoms with van der Waals surface area (Å²) in [6.07, 6.45) is 1.32. The molecule has 2 aromatic carbocycles. The third-order valence-corrected chi connectivity index (χ3v) is 5.63. The van der Waals surface area contributed by atoms with Crippen molar-refractivity contribution in [3.63, 3.8) is 0 Å². The predicted octanol–water partition coefficient (Wildman–Crippen LogP) is 4.31. The Labute approximate surface area is 166 Å². The molecule has 1 aliphatic heterocycles. The quantitative estimate of drug-likeness (QED) is 0.576. The predicted molar refractivity (Wildman–Crippen MR) is 110 cm³/mol. The molecule has 4 nitrogen and oxygen atoms in total. The fourth-order valence-corrected chi connectivity index (χ4v) is 3.80. The number of aldehydes is 1. The van der Waals surface area contributed by atoms with Gasteiger partial charge in [0.2, 0.25) is 11.8 Å². The van der Waals surface area contributed by atoms with Crippen LogP contribution in [0.25, 0.3) is 0 Å². The molecule has 28 heavy (non-hydrogen) atoms. The number of hydrogen-bond acceptors (Lipinski definition) is 3. The molecule has 0 radical (unpaired) electrons. The summed E-state index contributed by atoms with van der Waals surface area (Å²) in [7, 11) is 0. The van der Waals surface area contributed by atoms with Crippen LogP contribution in [0.2, 0.25) is 0 Å². The van der Waals surface area contributed by atoms with Gasteiger partial charge in [0.05, 0.1) is 11.6 Å². The average molecular weight is 377 g/mol. The molecule has 1 saturated heterocycles. The molecule has 2 unspecified atom stereocenters. The molecule has 0 aromatic heterocycles. The number of hydrogen-bond donors (Lipinski definition) is 0. The van der Waals surface area contributed by atoms with Crippen molar-refractivity contribution in [3.8, 4) is 0 Å². The monoisotopic (exact) mass is 377 g/mol. The summed E-state index contributed by atoms with van der Waals surface area (Å²) in [6.45, 7) is 8.23. The van der Waals surface area contributed by atoms with Crippen molar-refractivity contribution in [2.45, 2.75) is 46.0 Å². The fraction of sp³-hybridized carbons (Fsp3) is 0.375.